The van der Waals surface area contributed by atoms with Gasteiger partial charge in [0.1, 0.15) is 5.82 Å². The number of hydrogen-bond donors (Lipinski definition) is 1. The number of nitrogens with one attached hydrogen (secondary N) is 1. The summed E-state index contributed by atoms with van der Waals surface area (Å²) < 4.78 is 12.9. The maximum Gasteiger partial charge on any atom is 0.244 e. The van der Waals surface area contributed by atoms with E-state index in [2.05, 4.69) is 26.1 Å². The lowest BCUT2D eigenvalue weighted by Gasteiger charge is -2.17. The van der Waals surface area contributed by atoms with E-state index in [1.807, 2.05) is 11.8 Å². The average Bonchev–Trinajstić information content (AvgIpc) is 2.33. The van der Waals surface area contributed by atoms with Gasteiger partial charge in [-0.2, -0.15) is 11.8 Å². The fourth-order valence-corrected chi connectivity index (χ4v) is 2.15. The highest BCUT2D eigenvalue weighted by atomic mass is 32.2. The molecule has 0 aliphatic heterocycles. The lowest BCUT2D eigenvalue weighted by molar-refractivity contribution is -0.116. The van der Waals surface area contributed by atoms with Crippen LogP contribution in [0.15, 0.2) is 30.3 Å². The quantitative estimate of drug-likeness (QED) is 0.661. The Morgan fingerprint density at radius 2 is 1.95 bits per heavy atom. The molecule has 0 unspecified atom stereocenters. The number of benzene rings is 1. The van der Waals surface area contributed by atoms with Crippen molar-refractivity contribution in [1.82, 2.24) is 5.32 Å². The van der Waals surface area contributed by atoms with Crippen LogP contribution in [0.3, 0.4) is 0 Å². The zero-order valence-electron chi connectivity index (χ0n) is 11.6. The number of halogens is 1. The van der Waals surface area contributed by atoms with Gasteiger partial charge in [0.05, 0.1) is 0 Å². The molecule has 0 heterocycles. The van der Waals surface area contributed by atoms with Gasteiger partial charge in [-0.3, -0.25) is 4.79 Å². The van der Waals surface area contributed by atoms with Crippen LogP contribution < -0.4 is 5.32 Å². The van der Waals surface area contributed by atoms with Crippen LogP contribution in [-0.4, -0.2) is 23.0 Å². The smallest absolute Gasteiger partial charge is 0.244 e. The summed E-state index contributed by atoms with van der Waals surface area (Å²) in [7, 11) is 0. The predicted molar refractivity (Wildman–Crippen MR) is 80.7 cm³/mol. The van der Waals surface area contributed by atoms with Crippen LogP contribution >= 0.6 is 11.8 Å². The Labute approximate surface area is 118 Å². The molecule has 0 atom stereocenters. The van der Waals surface area contributed by atoms with Gasteiger partial charge in [0.25, 0.3) is 0 Å². The van der Waals surface area contributed by atoms with Gasteiger partial charge in [-0.15, -0.1) is 0 Å². The van der Waals surface area contributed by atoms with E-state index in [9.17, 15) is 9.18 Å². The third kappa shape index (κ3) is 7.67. The topological polar surface area (TPSA) is 29.1 Å². The van der Waals surface area contributed by atoms with Gasteiger partial charge in [0.15, 0.2) is 0 Å². The van der Waals surface area contributed by atoms with Crippen molar-refractivity contribution in [2.45, 2.75) is 25.5 Å². The molecule has 0 bridgehead atoms. The molecule has 104 valence electrons. The van der Waals surface area contributed by atoms with Crippen LogP contribution in [-0.2, 0) is 4.79 Å². The van der Waals surface area contributed by atoms with E-state index in [1.165, 1.54) is 18.2 Å². The van der Waals surface area contributed by atoms with Crippen molar-refractivity contribution in [3.63, 3.8) is 0 Å². The van der Waals surface area contributed by atoms with Crippen LogP contribution in [0.5, 0.6) is 0 Å². The zero-order valence-corrected chi connectivity index (χ0v) is 12.4. The van der Waals surface area contributed by atoms with Crippen molar-refractivity contribution in [3.8, 4) is 0 Å². The maximum atomic E-state index is 12.7. The average molecular weight is 281 g/mol. The van der Waals surface area contributed by atoms with E-state index in [1.54, 1.807) is 18.2 Å². The highest BCUT2D eigenvalue weighted by Gasteiger charge is 2.09. The zero-order chi connectivity index (χ0) is 14.3. The van der Waals surface area contributed by atoms with E-state index >= 15 is 0 Å². The minimum atomic E-state index is -0.277. The summed E-state index contributed by atoms with van der Waals surface area (Å²) >= 11 is 1.81. The van der Waals surface area contributed by atoms with E-state index in [4.69, 9.17) is 0 Å². The molecule has 0 aliphatic carbocycles. The molecule has 1 N–H and O–H groups in total. The van der Waals surface area contributed by atoms with Crippen molar-refractivity contribution < 1.29 is 9.18 Å². The Morgan fingerprint density at radius 1 is 1.32 bits per heavy atom. The molecule has 0 radical (unpaired) electrons. The number of carbonyl (C=O) groups is 1. The number of rotatable bonds is 5. The van der Waals surface area contributed by atoms with Gasteiger partial charge in [-0.25, -0.2) is 4.39 Å². The molecule has 4 heteroatoms. The highest BCUT2D eigenvalue weighted by Crippen LogP contribution is 2.21. The van der Waals surface area contributed by atoms with Gasteiger partial charge < -0.3 is 5.32 Å². The first-order valence-corrected chi connectivity index (χ1v) is 7.21. The van der Waals surface area contributed by atoms with Crippen LogP contribution in [0.25, 0.3) is 6.08 Å². The Kier molecular flexibility index (Phi) is 6.09. The largest absolute Gasteiger partial charge is 0.352 e. The molecule has 1 aromatic rings. The van der Waals surface area contributed by atoms with Gasteiger partial charge in [-0.05, 0) is 23.8 Å². The fraction of sp³-hybridized carbons (Fsp3) is 0.400. The van der Waals surface area contributed by atoms with Crippen molar-refractivity contribution in [2.24, 2.45) is 0 Å². The first kappa shape index (κ1) is 15.8. The molecule has 1 amide bonds. The lowest BCUT2D eigenvalue weighted by atomic mass is 10.2. The number of amides is 1. The standard InChI is InChI=1S/C15H20FNOS/c1-15(2,3)19-11-10-17-14(18)9-6-12-4-7-13(16)8-5-12/h4-9H,10-11H2,1-3H3,(H,17,18). The molecule has 0 saturated heterocycles. The third-order valence-electron chi connectivity index (χ3n) is 2.23. The number of carbonyl (C=O) groups excluding carboxylic acids is 1. The van der Waals surface area contributed by atoms with Crippen molar-refractivity contribution >= 4 is 23.7 Å². The number of hydrogen-bond acceptors (Lipinski definition) is 2. The second-order valence-corrected chi connectivity index (χ2v) is 7.06. The van der Waals surface area contributed by atoms with Crippen LogP contribution in [0.1, 0.15) is 26.3 Å². The summed E-state index contributed by atoms with van der Waals surface area (Å²) in [6.45, 7) is 7.09. The second kappa shape index (κ2) is 7.34. The predicted octanol–water partition coefficient (Wildman–Crippen LogP) is 3.49. The Bertz CT molecular complexity index is 434. The monoisotopic (exact) mass is 281 g/mol. The molecular formula is C15H20FNOS. The lowest BCUT2D eigenvalue weighted by Crippen LogP contribution is -2.25. The van der Waals surface area contributed by atoms with Crippen molar-refractivity contribution in [3.05, 3.63) is 41.7 Å². The van der Waals surface area contributed by atoms with E-state index in [0.717, 1.165) is 11.3 Å². The summed E-state index contributed by atoms with van der Waals surface area (Å²) in [5.74, 6) is 0.485. The van der Waals surface area contributed by atoms with E-state index < -0.39 is 0 Å². The second-order valence-electron chi connectivity index (χ2n) is 5.14. The minimum absolute atomic E-state index is 0.126. The van der Waals surface area contributed by atoms with E-state index in [0.29, 0.717) is 6.54 Å². The summed E-state index contributed by atoms with van der Waals surface area (Å²) in [6.07, 6.45) is 3.14. The Balaban J connectivity index is 2.29. The summed E-state index contributed by atoms with van der Waals surface area (Å²) in [6, 6.07) is 6.01. The van der Waals surface area contributed by atoms with Gasteiger partial charge in [0, 0.05) is 23.1 Å². The third-order valence-corrected chi connectivity index (χ3v) is 3.51. The Morgan fingerprint density at radius 3 is 2.53 bits per heavy atom. The van der Waals surface area contributed by atoms with Crippen LogP contribution in [0.2, 0.25) is 0 Å². The normalized spacial score (nSPS) is 11.8. The fourth-order valence-electron chi connectivity index (χ4n) is 1.34. The first-order chi connectivity index (χ1) is 8.87. The number of thioether (sulfide) groups is 1. The summed E-state index contributed by atoms with van der Waals surface area (Å²) in [5, 5.41) is 2.82. The highest BCUT2D eigenvalue weighted by molar-refractivity contribution is 8.00. The van der Waals surface area contributed by atoms with Crippen molar-refractivity contribution in [1.29, 1.82) is 0 Å². The molecule has 1 aromatic carbocycles. The molecule has 0 saturated carbocycles. The molecular weight excluding hydrogens is 261 g/mol. The molecule has 0 spiro atoms. The van der Waals surface area contributed by atoms with Crippen LogP contribution in [0, 0.1) is 5.82 Å². The molecule has 1 rings (SSSR count). The van der Waals surface area contributed by atoms with Gasteiger partial charge >= 0.3 is 0 Å². The molecule has 0 aromatic heterocycles. The molecule has 19 heavy (non-hydrogen) atoms. The first-order valence-electron chi connectivity index (χ1n) is 6.22. The maximum absolute atomic E-state index is 12.7. The molecule has 0 aliphatic rings. The molecule has 0 fully saturated rings. The SMILES string of the molecule is CC(C)(C)SCCNC(=O)C=Cc1ccc(F)cc1. The molecule has 2 nitrogen and oxygen atoms in total. The van der Waals surface area contributed by atoms with Gasteiger partial charge in [0.2, 0.25) is 5.91 Å². The van der Waals surface area contributed by atoms with Crippen LogP contribution in [0.4, 0.5) is 4.39 Å². The van der Waals surface area contributed by atoms with Gasteiger partial charge in [-0.1, -0.05) is 32.9 Å². The van der Waals surface area contributed by atoms with E-state index in [-0.39, 0.29) is 16.5 Å². The minimum Gasteiger partial charge on any atom is -0.352 e. The summed E-state index contributed by atoms with van der Waals surface area (Å²) in [4.78, 5) is 11.5. The summed E-state index contributed by atoms with van der Waals surface area (Å²) in [5.41, 5.74) is 0.806. The Hall–Kier alpha value is -1.29. The van der Waals surface area contributed by atoms with Crippen molar-refractivity contribution in [2.75, 3.05) is 12.3 Å².